The van der Waals surface area contributed by atoms with Gasteiger partial charge in [-0.25, -0.2) is 0 Å². The molecule has 2 aromatic rings. The second kappa shape index (κ2) is 8.48. The summed E-state index contributed by atoms with van der Waals surface area (Å²) < 4.78 is 0. The van der Waals surface area contributed by atoms with Gasteiger partial charge in [0.25, 0.3) is 5.91 Å². The molecule has 0 N–H and O–H groups in total. The lowest BCUT2D eigenvalue weighted by molar-refractivity contribution is 0.0736. The molecule has 0 unspecified atom stereocenters. The quantitative estimate of drug-likeness (QED) is 0.748. The molecule has 0 fully saturated rings. The fourth-order valence-electron chi connectivity index (χ4n) is 2.33. The number of thiophene rings is 1. The zero-order chi connectivity index (χ0) is 16.8. The van der Waals surface area contributed by atoms with Gasteiger partial charge < -0.3 is 9.80 Å². The number of rotatable bonds is 7. The Labute approximate surface area is 147 Å². The molecule has 0 atom stereocenters. The van der Waals surface area contributed by atoms with E-state index in [1.54, 1.807) is 0 Å². The molecular formula is C18H23ClN2OS. The Morgan fingerprint density at radius 1 is 1.13 bits per heavy atom. The molecule has 1 heterocycles. The molecule has 0 aliphatic heterocycles. The summed E-state index contributed by atoms with van der Waals surface area (Å²) >= 11 is 7.48. The second-order valence-corrected chi connectivity index (χ2v) is 7.14. The predicted molar refractivity (Wildman–Crippen MR) is 98.4 cm³/mol. The Hall–Kier alpha value is -1.36. The molecule has 0 spiro atoms. The average molecular weight is 351 g/mol. The first-order chi connectivity index (χ1) is 11.0. The Balaban J connectivity index is 2.19. The van der Waals surface area contributed by atoms with Crippen LogP contribution in [0, 0.1) is 0 Å². The van der Waals surface area contributed by atoms with Crippen LogP contribution in [-0.2, 0) is 13.0 Å². The summed E-state index contributed by atoms with van der Waals surface area (Å²) in [4.78, 5) is 17.8. The van der Waals surface area contributed by atoms with Crippen molar-refractivity contribution in [2.45, 2.75) is 19.9 Å². The van der Waals surface area contributed by atoms with Crippen LogP contribution in [0.25, 0.3) is 0 Å². The summed E-state index contributed by atoms with van der Waals surface area (Å²) in [5.74, 6) is 0.119. The van der Waals surface area contributed by atoms with Gasteiger partial charge in [0.2, 0.25) is 0 Å². The highest BCUT2D eigenvalue weighted by Gasteiger charge is 2.20. The van der Waals surface area contributed by atoms with Crippen molar-refractivity contribution in [1.82, 2.24) is 9.80 Å². The van der Waals surface area contributed by atoms with E-state index in [4.69, 9.17) is 11.6 Å². The molecule has 124 valence electrons. The van der Waals surface area contributed by atoms with E-state index in [9.17, 15) is 4.79 Å². The zero-order valence-corrected chi connectivity index (χ0v) is 15.5. The van der Waals surface area contributed by atoms with E-state index in [-0.39, 0.29) is 5.91 Å². The minimum absolute atomic E-state index is 0.119. The lowest BCUT2D eigenvalue weighted by Gasteiger charge is -2.24. The normalized spacial score (nSPS) is 11.0. The second-order valence-electron chi connectivity index (χ2n) is 5.78. The summed E-state index contributed by atoms with van der Waals surface area (Å²) in [6, 6.07) is 9.74. The largest absolute Gasteiger partial charge is 0.332 e. The molecular weight excluding hydrogens is 328 g/mol. The fraction of sp³-hybridized carbons (Fsp3) is 0.389. The van der Waals surface area contributed by atoms with Gasteiger partial charge in [0.15, 0.2) is 0 Å². The topological polar surface area (TPSA) is 23.6 Å². The molecule has 2 rings (SSSR count). The maximum atomic E-state index is 13.0. The number of halogens is 1. The van der Waals surface area contributed by atoms with Crippen molar-refractivity contribution < 1.29 is 4.79 Å². The van der Waals surface area contributed by atoms with E-state index in [1.807, 2.05) is 54.7 Å². The molecule has 0 saturated heterocycles. The molecule has 0 aliphatic carbocycles. The molecule has 0 bridgehead atoms. The standard InChI is InChI=1S/C18H23ClN2OS/c1-4-15-9-12-23-17(15)18(22)21(11-10-20(2)3)13-14-5-7-16(19)8-6-14/h5-9,12H,4,10-11,13H2,1-3H3. The number of likely N-dealkylation sites (N-methyl/N-ethyl adjacent to an activating group) is 1. The van der Waals surface area contributed by atoms with Crippen molar-refractivity contribution in [1.29, 1.82) is 0 Å². The van der Waals surface area contributed by atoms with E-state index in [0.29, 0.717) is 18.1 Å². The highest BCUT2D eigenvalue weighted by Crippen LogP contribution is 2.21. The number of hydrogen-bond donors (Lipinski definition) is 0. The molecule has 0 aliphatic rings. The van der Waals surface area contributed by atoms with Crippen LogP contribution in [0.1, 0.15) is 27.7 Å². The van der Waals surface area contributed by atoms with Gasteiger partial charge in [-0.3, -0.25) is 4.79 Å². The van der Waals surface area contributed by atoms with Gasteiger partial charge in [0.1, 0.15) is 0 Å². The first kappa shape index (κ1) is 18.0. The summed E-state index contributed by atoms with van der Waals surface area (Å²) in [7, 11) is 4.04. The van der Waals surface area contributed by atoms with Gasteiger partial charge in [0, 0.05) is 24.7 Å². The molecule has 5 heteroatoms. The Morgan fingerprint density at radius 3 is 2.43 bits per heavy atom. The van der Waals surface area contributed by atoms with Crippen molar-refractivity contribution in [2.75, 3.05) is 27.2 Å². The number of benzene rings is 1. The molecule has 0 radical (unpaired) electrons. The van der Waals surface area contributed by atoms with Crippen molar-refractivity contribution in [3.8, 4) is 0 Å². The van der Waals surface area contributed by atoms with Crippen molar-refractivity contribution in [3.63, 3.8) is 0 Å². The third-order valence-corrected chi connectivity index (χ3v) is 4.91. The van der Waals surface area contributed by atoms with Crippen LogP contribution < -0.4 is 0 Å². The fourth-order valence-corrected chi connectivity index (χ4v) is 3.42. The number of carbonyl (C=O) groups is 1. The van der Waals surface area contributed by atoms with Crippen LogP contribution in [0.4, 0.5) is 0 Å². The summed E-state index contributed by atoms with van der Waals surface area (Å²) in [6.07, 6.45) is 0.882. The summed E-state index contributed by atoms with van der Waals surface area (Å²) in [5, 5.41) is 2.71. The summed E-state index contributed by atoms with van der Waals surface area (Å²) in [5.41, 5.74) is 2.22. The Bertz CT molecular complexity index is 637. The maximum absolute atomic E-state index is 13.0. The van der Waals surface area contributed by atoms with Crippen LogP contribution in [0.5, 0.6) is 0 Å². The van der Waals surface area contributed by atoms with E-state index < -0.39 is 0 Å². The lowest BCUT2D eigenvalue weighted by Crippen LogP contribution is -2.36. The third kappa shape index (κ3) is 5.06. The number of nitrogens with zero attached hydrogens (tertiary/aromatic N) is 2. The first-order valence-electron chi connectivity index (χ1n) is 7.76. The van der Waals surface area contributed by atoms with Crippen molar-refractivity contribution in [2.24, 2.45) is 0 Å². The van der Waals surface area contributed by atoms with Gasteiger partial charge in [-0.05, 0) is 55.2 Å². The third-order valence-electron chi connectivity index (χ3n) is 3.71. The Morgan fingerprint density at radius 2 is 1.83 bits per heavy atom. The van der Waals surface area contributed by atoms with Crippen LogP contribution >= 0.6 is 22.9 Å². The minimum Gasteiger partial charge on any atom is -0.332 e. The summed E-state index contributed by atoms with van der Waals surface area (Å²) in [6.45, 7) is 4.23. The molecule has 23 heavy (non-hydrogen) atoms. The highest BCUT2D eigenvalue weighted by molar-refractivity contribution is 7.12. The predicted octanol–water partition coefficient (Wildman–Crippen LogP) is 4.17. The lowest BCUT2D eigenvalue weighted by atomic mass is 10.1. The molecule has 0 saturated carbocycles. The number of aryl methyl sites for hydroxylation is 1. The molecule has 1 aromatic heterocycles. The van der Waals surface area contributed by atoms with Gasteiger partial charge in [-0.1, -0.05) is 30.7 Å². The minimum atomic E-state index is 0.119. The molecule has 1 aromatic carbocycles. The molecule has 1 amide bonds. The number of amides is 1. The van der Waals surface area contributed by atoms with E-state index >= 15 is 0 Å². The zero-order valence-electron chi connectivity index (χ0n) is 13.9. The van der Waals surface area contributed by atoms with E-state index in [1.165, 1.54) is 11.3 Å². The Kier molecular flexibility index (Phi) is 6.63. The first-order valence-corrected chi connectivity index (χ1v) is 9.01. The smallest absolute Gasteiger partial charge is 0.264 e. The van der Waals surface area contributed by atoms with Crippen molar-refractivity contribution >= 4 is 28.8 Å². The van der Waals surface area contributed by atoms with Gasteiger partial charge in [0.05, 0.1) is 4.88 Å². The SMILES string of the molecule is CCc1ccsc1C(=O)N(CCN(C)C)Cc1ccc(Cl)cc1. The average Bonchev–Trinajstić information content (AvgIpc) is 3.01. The van der Waals surface area contributed by atoms with Crippen molar-refractivity contribution in [3.05, 3.63) is 56.7 Å². The van der Waals surface area contributed by atoms with Gasteiger partial charge in [-0.2, -0.15) is 0 Å². The molecule has 3 nitrogen and oxygen atoms in total. The van der Waals surface area contributed by atoms with E-state index in [0.717, 1.165) is 29.0 Å². The van der Waals surface area contributed by atoms with Crippen LogP contribution in [0.2, 0.25) is 5.02 Å². The van der Waals surface area contributed by atoms with Gasteiger partial charge >= 0.3 is 0 Å². The van der Waals surface area contributed by atoms with Gasteiger partial charge in [-0.15, -0.1) is 11.3 Å². The van der Waals surface area contributed by atoms with Crippen LogP contribution in [0.3, 0.4) is 0 Å². The maximum Gasteiger partial charge on any atom is 0.264 e. The van der Waals surface area contributed by atoms with Crippen LogP contribution in [0.15, 0.2) is 35.7 Å². The monoisotopic (exact) mass is 350 g/mol. The number of hydrogen-bond acceptors (Lipinski definition) is 3. The highest BCUT2D eigenvalue weighted by atomic mass is 35.5. The number of carbonyl (C=O) groups excluding carboxylic acids is 1. The van der Waals surface area contributed by atoms with E-state index in [2.05, 4.69) is 11.8 Å². The van der Waals surface area contributed by atoms with Crippen LogP contribution in [-0.4, -0.2) is 42.9 Å².